The Morgan fingerprint density at radius 2 is 1.82 bits per heavy atom. The number of benzene rings is 2. The van der Waals surface area contributed by atoms with Crippen LogP contribution < -0.4 is 10.1 Å². The van der Waals surface area contributed by atoms with Crippen LogP contribution in [-0.2, 0) is 11.3 Å². The molecule has 174 valence electrons. The summed E-state index contributed by atoms with van der Waals surface area (Å²) < 4.78 is 8.35. The molecule has 0 unspecified atom stereocenters. The number of likely N-dealkylation sites (tertiary alicyclic amines) is 1. The van der Waals surface area contributed by atoms with E-state index in [1.54, 1.807) is 7.11 Å². The van der Waals surface area contributed by atoms with Crippen molar-refractivity contribution in [1.82, 2.24) is 14.8 Å². The van der Waals surface area contributed by atoms with Gasteiger partial charge in [0.25, 0.3) is 5.91 Å². The van der Waals surface area contributed by atoms with E-state index in [-0.39, 0.29) is 17.7 Å². The van der Waals surface area contributed by atoms with Gasteiger partial charge >= 0.3 is 0 Å². The normalized spacial score (nSPS) is 14.5. The number of fused-ring (bicyclic) bond motifs is 1. The van der Waals surface area contributed by atoms with Crippen LogP contribution in [0.3, 0.4) is 0 Å². The van der Waals surface area contributed by atoms with Gasteiger partial charge in [0.15, 0.2) is 0 Å². The molecular formula is C26H30BrN3O3. The molecule has 1 aliphatic heterocycles. The quantitative estimate of drug-likeness (QED) is 0.493. The lowest BCUT2D eigenvalue weighted by Crippen LogP contribution is -2.43. The van der Waals surface area contributed by atoms with Crippen LogP contribution in [0.4, 0.5) is 0 Å². The predicted octanol–water partition coefficient (Wildman–Crippen LogP) is 4.84. The van der Waals surface area contributed by atoms with Crippen LogP contribution in [0.5, 0.6) is 5.75 Å². The predicted molar refractivity (Wildman–Crippen MR) is 134 cm³/mol. The molecule has 0 bridgehead atoms. The second kappa shape index (κ2) is 10.4. The van der Waals surface area contributed by atoms with E-state index in [2.05, 4.69) is 25.8 Å². The van der Waals surface area contributed by atoms with Crippen LogP contribution in [0.15, 0.2) is 53.0 Å². The number of piperidine rings is 1. The average molecular weight is 512 g/mol. The summed E-state index contributed by atoms with van der Waals surface area (Å²) >= 11 is 3.54. The Morgan fingerprint density at radius 1 is 1.09 bits per heavy atom. The third-order valence-corrected chi connectivity index (χ3v) is 6.78. The molecule has 0 radical (unpaired) electrons. The number of carbonyl (C=O) groups excluding carboxylic acids is 2. The molecule has 3 aromatic rings. The number of nitrogens with one attached hydrogen (secondary N) is 1. The third-order valence-electron chi connectivity index (χ3n) is 6.28. The van der Waals surface area contributed by atoms with Crippen LogP contribution in [-0.4, -0.2) is 48.0 Å². The van der Waals surface area contributed by atoms with E-state index < -0.39 is 0 Å². The van der Waals surface area contributed by atoms with Gasteiger partial charge in [0.2, 0.25) is 5.91 Å². The molecule has 4 rings (SSSR count). The Labute approximate surface area is 203 Å². The Kier molecular flexibility index (Phi) is 7.38. The number of hydrogen-bond donors (Lipinski definition) is 1. The number of rotatable bonds is 7. The zero-order chi connectivity index (χ0) is 23.4. The topological polar surface area (TPSA) is 63.6 Å². The van der Waals surface area contributed by atoms with Crippen LogP contribution in [0.2, 0.25) is 0 Å². The van der Waals surface area contributed by atoms with Crippen molar-refractivity contribution in [3.8, 4) is 5.75 Å². The summed E-state index contributed by atoms with van der Waals surface area (Å²) in [5.41, 5.74) is 2.79. The summed E-state index contributed by atoms with van der Waals surface area (Å²) in [5.74, 6) is 0.926. The maximum absolute atomic E-state index is 13.6. The fraction of sp³-hybridized carbons (Fsp3) is 0.385. The molecular weight excluding hydrogens is 482 g/mol. The second-order valence-electron chi connectivity index (χ2n) is 8.52. The standard InChI is InChI=1S/C26H30BrN3O3/c1-3-12-28-25(31)19-10-13-29(14-11-19)26(32)24-16-20-15-21(27)6-9-23(20)30(24)17-18-4-7-22(33-2)8-5-18/h4-9,15-16,19H,3,10-14,17H2,1-2H3,(H,28,31). The number of carbonyl (C=O) groups is 2. The van der Waals surface area contributed by atoms with E-state index in [9.17, 15) is 9.59 Å². The Balaban J connectivity index is 1.57. The van der Waals surface area contributed by atoms with Gasteiger partial charge in [-0.15, -0.1) is 0 Å². The van der Waals surface area contributed by atoms with E-state index in [1.165, 1.54) is 0 Å². The number of halogens is 1. The van der Waals surface area contributed by atoms with Crippen LogP contribution in [0.1, 0.15) is 42.2 Å². The third kappa shape index (κ3) is 5.24. The molecule has 2 amide bonds. The van der Waals surface area contributed by atoms with Crippen molar-refractivity contribution < 1.29 is 14.3 Å². The minimum atomic E-state index is -0.0123. The highest BCUT2D eigenvalue weighted by Gasteiger charge is 2.29. The fourth-order valence-electron chi connectivity index (χ4n) is 4.40. The van der Waals surface area contributed by atoms with Gasteiger partial charge in [0.1, 0.15) is 11.4 Å². The molecule has 1 aromatic heterocycles. The first-order valence-electron chi connectivity index (χ1n) is 11.5. The average Bonchev–Trinajstić information content (AvgIpc) is 3.19. The minimum Gasteiger partial charge on any atom is -0.497 e. The van der Waals surface area contributed by atoms with Crippen molar-refractivity contribution >= 4 is 38.6 Å². The second-order valence-corrected chi connectivity index (χ2v) is 9.44. The molecule has 7 heteroatoms. The maximum Gasteiger partial charge on any atom is 0.270 e. The summed E-state index contributed by atoms with van der Waals surface area (Å²) in [6.07, 6.45) is 2.33. The van der Waals surface area contributed by atoms with Crippen LogP contribution >= 0.6 is 15.9 Å². The van der Waals surface area contributed by atoms with Gasteiger partial charge < -0.3 is 19.5 Å². The number of nitrogens with zero attached hydrogens (tertiary/aromatic N) is 2. The first-order valence-corrected chi connectivity index (χ1v) is 12.3. The molecule has 33 heavy (non-hydrogen) atoms. The molecule has 1 fully saturated rings. The number of methoxy groups -OCH3 is 1. The zero-order valence-corrected chi connectivity index (χ0v) is 20.7. The van der Waals surface area contributed by atoms with E-state index in [1.807, 2.05) is 60.4 Å². The van der Waals surface area contributed by atoms with Crippen molar-refractivity contribution in [3.63, 3.8) is 0 Å². The Bertz CT molecular complexity index is 1130. The lowest BCUT2D eigenvalue weighted by molar-refractivity contribution is -0.126. The van der Waals surface area contributed by atoms with Gasteiger partial charge in [-0.3, -0.25) is 9.59 Å². The fourth-order valence-corrected chi connectivity index (χ4v) is 4.78. The van der Waals surface area contributed by atoms with Crippen molar-refractivity contribution in [2.45, 2.75) is 32.7 Å². The van der Waals surface area contributed by atoms with Gasteiger partial charge in [-0.2, -0.15) is 0 Å². The molecule has 0 saturated carbocycles. The van der Waals surface area contributed by atoms with E-state index in [0.717, 1.165) is 33.1 Å². The Morgan fingerprint density at radius 3 is 2.48 bits per heavy atom. The molecule has 0 atom stereocenters. The van der Waals surface area contributed by atoms with Gasteiger partial charge in [-0.1, -0.05) is 35.0 Å². The monoisotopic (exact) mass is 511 g/mol. The Hall–Kier alpha value is -2.80. The van der Waals surface area contributed by atoms with Crippen LogP contribution in [0.25, 0.3) is 10.9 Å². The lowest BCUT2D eigenvalue weighted by Gasteiger charge is -2.31. The number of hydrogen-bond acceptors (Lipinski definition) is 3. The van der Waals surface area contributed by atoms with Gasteiger partial charge in [-0.25, -0.2) is 0 Å². The maximum atomic E-state index is 13.6. The SMILES string of the molecule is CCCNC(=O)C1CCN(C(=O)c2cc3cc(Br)ccc3n2Cc2ccc(OC)cc2)CC1. The van der Waals surface area contributed by atoms with Gasteiger partial charge in [0.05, 0.1) is 7.11 Å². The molecule has 0 aliphatic carbocycles. The summed E-state index contributed by atoms with van der Waals surface area (Å²) in [5, 5.41) is 4.01. The van der Waals surface area contributed by atoms with Crippen molar-refractivity contribution in [3.05, 3.63) is 64.3 Å². The van der Waals surface area contributed by atoms with Gasteiger partial charge in [-0.05, 0) is 61.2 Å². The number of amides is 2. The molecule has 1 aliphatic rings. The summed E-state index contributed by atoms with van der Waals surface area (Å²) in [4.78, 5) is 27.8. The van der Waals surface area contributed by atoms with E-state index in [4.69, 9.17) is 4.74 Å². The first-order chi connectivity index (χ1) is 16.0. The molecule has 2 aromatic carbocycles. The van der Waals surface area contributed by atoms with Crippen molar-refractivity contribution in [2.24, 2.45) is 5.92 Å². The molecule has 2 heterocycles. The van der Waals surface area contributed by atoms with Crippen molar-refractivity contribution in [2.75, 3.05) is 26.7 Å². The molecule has 1 N–H and O–H groups in total. The highest BCUT2D eigenvalue weighted by molar-refractivity contribution is 9.10. The molecule has 6 nitrogen and oxygen atoms in total. The molecule has 0 spiro atoms. The largest absolute Gasteiger partial charge is 0.497 e. The molecule has 1 saturated heterocycles. The van der Waals surface area contributed by atoms with Gasteiger partial charge in [0, 0.05) is 47.5 Å². The van der Waals surface area contributed by atoms with Crippen LogP contribution in [0, 0.1) is 5.92 Å². The van der Waals surface area contributed by atoms with E-state index in [0.29, 0.717) is 44.7 Å². The minimum absolute atomic E-state index is 0.0123. The highest BCUT2D eigenvalue weighted by atomic mass is 79.9. The summed E-state index contributed by atoms with van der Waals surface area (Å²) in [6, 6.07) is 16.0. The first kappa shape index (κ1) is 23.4. The number of ether oxygens (including phenoxy) is 1. The van der Waals surface area contributed by atoms with E-state index >= 15 is 0 Å². The van der Waals surface area contributed by atoms with Crippen molar-refractivity contribution in [1.29, 1.82) is 0 Å². The summed E-state index contributed by atoms with van der Waals surface area (Å²) in [7, 11) is 1.65. The highest BCUT2D eigenvalue weighted by Crippen LogP contribution is 2.27. The zero-order valence-electron chi connectivity index (χ0n) is 19.1. The number of aromatic nitrogens is 1. The summed E-state index contributed by atoms with van der Waals surface area (Å²) in [6.45, 7) is 4.53. The smallest absolute Gasteiger partial charge is 0.270 e. The lowest BCUT2D eigenvalue weighted by atomic mass is 9.95.